The molecule has 0 unspecified atom stereocenters. The van der Waals surface area contributed by atoms with Crippen LogP contribution in [0.3, 0.4) is 0 Å². The molecule has 3 N–H and O–H groups in total. The molecule has 1 saturated carbocycles. The number of unbranched alkanes of at least 4 members (excludes halogenated alkanes) is 1. The minimum Gasteiger partial charge on any atom is -0.383 e. The summed E-state index contributed by atoms with van der Waals surface area (Å²) in [5, 5.41) is 4.08. The monoisotopic (exact) mass is 279 g/mol. The smallest absolute Gasteiger partial charge is 0.383 e. The van der Waals surface area contributed by atoms with Crippen molar-refractivity contribution in [2.45, 2.75) is 44.2 Å². The van der Waals surface area contributed by atoms with Crippen molar-refractivity contribution < 1.29 is 13.2 Å². The van der Waals surface area contributed by atoms with Gasteiger partial charge in [0.05, 0.1) is 0 Å². The van der Waals surface area contributed by atoms with E-state index in [-0.39, 0.29) is 6.42 Å². The molecule has 1 aliphatic carbocycles. The Morgan fingerprint density at radius 3 is 2.67 bits per heavy atom. The number of halogens is 3. The lowest BCUT2D eigenvalue weighted by Gasteiger charge is -2.08. The summed E-state index contributed by atoms with van der Waals surface area (Å²) in [5.41, 5.74) is 6.85. The van der Waals surface area contributed by atoms with Gasteiger partial charge in [0.15, 0.2) is 0 Å². The molecular weight excluding hydrogens is 263 g/mol. The Morgan fingerprint density at radius 1 is 1.33 bits per heavy atom. The molecule has 0 aliphatic heterocycles. The molecule has 0 radical (unpaired) electrons. The van der Waals surface area contributed by atoms with E-state index in [0.717, 1.165) is 23.4 Å². The highest BCUT2D eigenvalue weighted by Crippen LogP contribution is 2.47. The zero-order valence-electron chi connectivity index (χ0n) is 9.89. The van der Waals surface area contributed by atoms with Gasteiger partial charge in [0.1, 0.15) is 10.8 Å². The molecule has 1 aromatic rings. The quantitative estimate of drug-likeness (QED) is 0.780. The minimum atomic E-state index is -4.05. The third-order valence-corrected chi connectivity index (χ3v) is 3.75. The maximum Gasteiger partial charge on any atom is 0.389 e. The number of hydrogen-bond donors (Lipinski definition) is 2. The molecule has 7 heteroatoms. The Labute approximate surface area is 108 Å². The van der Waals surface area contributed by atoms with Gasteiger partial charge < -0.3 is 11.1 Å². The number of alkyl halides is 3. The predicted molar refractivity (Wildman–Crippen MR) is 66.9 cm³/mol. The normalized spacial score (nSPS) is 15.9. The number of hydrogen-bond acceptors (Lipinski definition) is 4. The molecule has 18 heavy (non-hydrogen) atoms. The van der Waals surface area contributed by atoms with Crippen molar-refractivity contribution in [2.24, 2.45) is 0 Å². The van der Waals surface area contributed by atoms with E-state index < -0.39 is 12.6 Å². The lowest BCUT2D eigenvalue weighted by atomic mass is 10.2. The summed E-state index contributed by atoms with van der Waals surface area (Å²) in [7, 11) is 0. The van der Waals surface area contributed by atoms with E-state index in [0.29, 0.717) is 24.7 Å². The molecule has 1 fully saturated rings. The maximum absolute atomic E-state index is 11.9. The van der Waals surface area contributed by atoms with Crippen molar-refractivity contribution in [3.05, 3.63) is 5.56 Å². The highest BCUT2D eigenvalue weighted by atomic mass is 32.1. The molecule has 2 rings (SSSR count). The fraction of sp³-hybridized carbons (Fsp3) is 0.727. The van der Waals surface area contributed by atoms with Gasteiger partial charge in [0.2, 0.25) is 0 Å². The van der Waals surface area contributed by atoms with Gasteiger partial charge in [-0.25, -0.2) is 0 Å². The predicted octanol–water partition coefficient (Wildman–Crippen LogP) is 3.75. The van der Waals surface area contributed by atoms with Crippen LogP contribution in [0.5, 0.6) is 0 Å². The van der Waals surface area contributed by atoms with Gasteiger partial charge in [-0.3, -0.25) is 0 Å². The van der Waals surface area contributed by atoms with Crippen LogP contribution in [-0.4, -0.2) is 17.1 Å². The van der Waals surface area contributed by atoms with Crippen LogP contribution in [0.15, 0.2) is 0 Å². The number of nitrogens with one attached hydrogen (secondary N) is 1. The third kappa shape index (κ3) is 3.76. The number of aromatic nitrogens is 1. The number of anilines is 2. The van der Waals surface area contributed by atoms with Gasteiger partial charge in [-0.15, -0.1) is 0 Å². The first-order chi connectivity index (χ1) is 8.47. The van der Waals surface area contributed by atoms with Crippen LogP contribution in [0.1, 0.15) is 43.6 Å². The summed E-state index contributed by atoms with van der Waals surface area (Å²) in [6, 6.07) is 0. The molecule has 0 atom stereocenters. The summed E-state index contributed by atoms with van der Waals surface area (Å²) in [4.78, 5) is 0. The Morgan fingerprint density at radius 2 is 2.06 bits per heavy atom. The second-order valence-corrected chi connectivity index (χ2v) is 5.36. The summed E-state index contributed by atoms with van der Waals surface area (Å²) in [6.07, 6.45) is -1.84. The van der Waals surface area contributed by atoms with E-state index in [1.165, 1.54) is 11.5 Å². The number of nitrogens with zero attached hydrogens (tertiary/aromatic N) is 1. The molecule has 1 aromatic heterocycles. The Bertz CT molecular complexity index is 399. The summed E-state index contributed by atoms with van der Waals surface area (Å²) in [5.74, 6) is 1.07. The van der Waals surface area contributed by atoms with Crippen LogP contribution in [0.25, 0.3) is 0 Å². The number of nitrogens with two attached hydrogens (primary N) is 1. The summed E-state index contributed by atoms with van der Waals surface area (Å²) >= 11 is 1.30. The van der Waals surface area contributed by atoms with Crippen LogP contribution in [0.2, 0.25) is 0 Å². The number of nitrogen functional groups attached to an aromatic ring is 1. The van der Waals surface area contributed by atoms with Crippen molar-refractivity contribution >= 4 is 22.4 Å². The van der Waals surface area contributed by atoms with Gasteiger partial charge in [0.25, 0.3) is 0 Å². The largest absolute Gasteiger partial charge is 0.389 e. The minimum absolute atomic E-state index is 0.156. The van der Waals surface area contributed by atoms with E-state index in [1.54, 1.807) is 0 Å². The van der Waals surface area contributed by atoms with Gasteiger partial charge in [-0.1, -0.05) is 0 Å². The van der Waals surface area contributed by atoms with Crippen molar-refractivity contribution in [3.8, 4) is 0 Å². The highest BCUT2D eigenvalue weighted by Gasteiger charge is 2.30. The van der Waals surface area contributed by atoms with E-state index in [9.17, 15) is 13.2 Å². The van der Waals surface area contributed by atoms with Crippen LogP contribution < -0.4 is 11.1 Å². The SMILES string of the molecule is Nc1nsc(NCCCCC(F)(F)F)c1C1CC1. The maximum atomic E-state index is 11.9. The Kier molecular flexibility index (Phi) is 3.99. The standard InChI is InChI=1S/C11H16F3N3S/c12-11(13,14)5-1-2-6-16-10-8(7-3-4-7)9(15)17-18-10/h7,16H,1-6H2,(H2,15,17). The van der Waals surface area contributed by atoms with Gasteiger partial charge in [-0.05, 0) is 43.1 Å². The summed E-state index contributed by atoms with van der Waals surface area (Å²) in [6.45, 7) is 0.539. The fourth-order valence-electron chi connectivity index (χ4n) is 1.86. The average Bonchev–Trinajstić information content (AvgIpc) is 3.02. The van der Waals surface area contributed by atoms with Crippen LogP contribution in [-0.2, 0) is 0 Å². The van der Waals surface area contributed by atoms with Crippen molar-refractivity contribution in [1.82, 2.24) is 4.37 Å². The van der Waals surface area contributed by atoms with Gasteiger partial charge >= 0.3 is 6.18 Å². The first kappa shape index (κ1) is 13.5. The zero-order valence-corrected chi connectivity index (χ0v) is 10.7. The topological polar surface area (TPSA) is 50.9 Å². The molecule has 3 nitrogen and oxygen atoms in total. The van der Waals surface area contributed by atoms with Crippen molar-refractivity contribution in [2.75, 3.05) is 17.6 Å². The van der Waals surface area contributed by atoms with E-state index >= 15 is 0 Å². The molecule has 1 aliphatic rings. The fourth-order valence-corrected chi connectivity index (χ4v) is 2.68. The van der Waals surface area contributed by atoms with Gasteiger partial charge in [-0.2, -0.15) is 17.5 Å². The highest BCUT2D eigenvalue weighted by molar-refractivity contribution is 7.10. The molecule has 1 heterocycles. The number of rotatable bonds is 6. The second-order valence-electron chi connectivity index (χ2n) is 4.58. The molecule has 0 spiro atoms. The van der Waals surface area contributed by atoms with E-state index in [4.69, 9.17) is 5.73 Å². The lowest BCUT2D eigenvalue weighted by molar-refractivity contribution is -0.135. The molecule has 0 aromatic carbocycles. The summed E-state index contributed by atoms with van der Waals surface area (Å²) < 4.78 is 39.9. The first-order valence-corrected chi connectivity index (χ1v) is 6.80. The van der Waals surface area contributed by atoms with E-state index in [1.807, 2.05) is 0 Å². The first-order valence-electron chi connectivity index (χ1n) is 6.03. The Hall–Kier alpha value is -0.980. The van der Waals surface area contributed by atoms with E-state index in [2.05, 4.69) is 9.69 Å². The van der Waals surface area contributed by atoms with Crippen molar-refractivity contribution in [3.63, 3.8) is 0 Å². The lowest BCUT2D eigenvalue weighted by Crippen LogP contribution is -2.08. The molecule has 102 valence electrons. The van der Waals surface area contributed by atoms with Crippen LogP contribution in [0, 0.1) is 0 Å². The third-order valence-electron chi connectivity index (χ3n) is 2.91. The average molecular weight is 279 g/mol. The van der Waals surface area contributed by atoms with Gasteiger partial charge in [0, 0.05) is 18.5 Å². The molecule has 0 saturated heterocycles. The Balaban J connectivity index is 1.74. The molecular formula is C11H16F3N3S. The van der Waals surface area contributed by atoms with Crippen LogP contribution in [0.4, 0.5) is 24.0 Å². The second kappa shape index (κ2) is 5.34. The van der Waals surface area contributed by atoms with Crippen molar-refractivity contribution in [1.29, 1.82) is 0 Å². The van der Waals surface area contributed by atoms with Crippen LogP contribution >= 0.6 is 11.5 Å². The zero-order chi connectivity index (χ0) is 13.2. The molecule has 0 amide bonds. The molecule has 0 bridgehead atoms.